The van der Waals surface area contributed by atoms with Crippen molar-refractivity contribution in [3.8, 4) is 0 Å². The number of hydrogen-bond acceptors (Lipinski definition) is 4. The van der Waals surface area contributed by atoms with Crippen LogP contribution >= 0.6 is 0 Å². The second kappa shape index (κ2) is 5.01. The van der Waals surface area contributed by atoms with Gasteiger partial charge in [-0.3, -0.25) is 4.98 Å². The third-order valence-electron chi connectivity index (χ3n) is 3.55. The molecule has 5 nitrogen and oxygen atoms in total. The zero-order valence-corrected chi connectivity index (χ0v) is 11.4. The smallest absolute Gasteiger partial charge is 0.128 e. The molecular formula is C14H19N5. The fourth-order valence-corrected chi connectivity index (χ4v) is 2.57. The first kappa shape index (κ1) is 12.2. The molecule has 0 atom stereocenters. The average molecular weight is 257 g/mol. The molecule has 1 N–H and O–H groups in total. The molecule has 2 aromatic heterocycles. The van der Waals surface area contributed by atoms with E-state index < -0.39 is 0 Å². The number of anilines is 1. The first-order chi connectivity index (χ1) is 9.28. The van der Waals surface area contributed by atoms with Crippen LogP contribution in [0.4, 0.5) is 5.69 Å². The van der Waals surface area contributed by atoms with E-state index in [4.69, 9.17) is 0 Å². The molecule has 0 amide bonds. The molecule has 0 aliphatic carbocycles. The van der Waals surface area contributed by atoms with Crippen molar-refractivity contribution in [2.45, 2.75) is 26.6 Å². The summed E-state index contributed by atoms with van der Waals surface area (Å²) in [5.41, 5.74) is 3.58. The summed E-state index contributed by atoms with van der Waals surface area (Å²) in [5.74, 6) is 1.14. The van der Waals surface area contributed by atoms with Crippen LogP contribution in [0.5, 0.6) is 0 Å². The quantitative estimate of drug-likeness (QED) is 0.901. The number of aryl methyl sites for hydroxylation is 1. The number of rotatable bonds is 3. The Balaban J connectivity index is 1.92. The lowest BCUT2D eigenvalue weighted by Crippen LogP contribution is -2.34. The van der Waals surface area contributed by atoms with E-state index in [1.54, 1.807) is 0 Å². The SMILES string of the molecule is CNCc1cnc(C)cc1N1CCn2ccnc2C1. The highest BCUT2D eigenvalue weighted by Gasteiger charge is 2.19. The summed E-state index contributed by atoms with van der Waals surface area (Å²) < 4.78 is 2.22. The third kappa shape index (κ3) is 2.33. The fourth-order valence-electron chi connectivity index (χ4n) is 2.57. The summed E-state index contributed by atoms with van der Waals surface area (Å²) in [6.45, 7) is 5.76. The molecule has 19 heavy (non-hydrogen) atoms. The standard InChI is InChI=1S/C14H19N5/c1-11-7-13(12(8-15-2)9-17-11)19-6-5-18-4-3-16-14(18)10-19/h3-4,7,9,15H,5-6,8,10H2,1-2H3. The maximum Gasteiger partial charge on any atom is 0.128 e. The summed E-state index contributed by atoms with van der Waals surface area (Å²) in [6, 6.07) is 2.17. The summed E-state index contributed by atoms with van der Waals surface area (Å²) in [5, 5.41) is 3.21. The van der Waals surface area contributed by atoms with Crippen molar-refractivity contribution >= 4 is 5.69 Å². The molecule has 1 aliphatic rings. The van der Waals surface area contributed by atoms with E-state index in [1.165, 1.54) is 11.3 Å². The monoisotopic (exact) mass is 257 g/mol. The molecule has 0 saturated heterocycles. The van der Waals surface area contributed by atoms with Crippen molar-refractivity contribution in [3.05, 3.63) is 41.7 Å². The molecule has 0 radical (unpaired) electrons. The zero-order valence-electron chi connectivity index (χ0n) is 11.4. The van der Waals surface area contributed by atoms with E-state index in [2.05, 4.69) is 37.0 Å². The van der Waals surface area contributed by atoms with Crippen molar-refractivity contribution < 1.29 is 0 Å². The predicted molar refractivity (Wildman–Crippen MR) is 75.0 cm³/mol. The Labute approximate surface area is 113 Å². The zero-order chi connectivity index (χ0) is 13.2. The topological polar surface area (TPSA) is 46.0 Å². The van der Waals surface area contributed by atoms with Crippen molar-refractivity contribution in [1.29, 1.82) is 0 Å². The summed E-state index contributed by atoms with van der Waals surface area (Å²) in [7, 11) is 1.96. The predicted octanol–water partition coefficient (Wildman–Crippen LogP) is 1.33. The molecule has 1 aliphatic heterocycles. The molecule has 0 aromatic carbocycles. The van der Waals surface area contributed by atoms with Gasteiger partial charge < -0.3 is 14.8 Å². The van der Waals surface area contributed by atoms with Gasteiger partial charge in [0.1, 0.15) is 5.82 Å². The van der Waals surface area contributed by atoms with Gasteiger partial charge in [-0.25, -0.2) is 4.98 Å². The Kier molecular flexibility index (Phi) is 3.21. The van der Waals surface area contributed by atoms with Gasteiger partial charge in [0.15, 0.2) is 0 Å². The van der Waals surface area contributed by atoms with E-state index in [0.29, 0.717) is 0 Å². The first-order valence-corrected chi connectivity index (χ1v) is 6.63. The van der Waals surface area contributed by atoms with Crippen molar-refractivity contribution in [1.82, 2.24) is 19.9 Å². The van der Waals surface area contributed by atoms with Gasteiger partial charge in [0.25, 0.3) is 0 Å². The maximum atomic E-state index is 4.42. The Hall–Kier alpha value is -1.88. The highest BCUT2D eigenvalue weighted by Crippen LogP contribution is 2.24. The second-order valence-corrected chi connectivity index (χ2v) is 4.94. The Morgan fingerprint density at radius 1 is 1.32 bits per heavy atom. The number of fused-ring (bicyclic) bond motifs is 1. The Morgan fingerprint density at radius 2 is 2.21 bits per heavy atom. The lowest BCUT2D eigenvalue weighted by molar-refractivity contribution is 0.557. The maximum absolute atomic E-state index is 4.42. The molecule has 0 fully saturated rings. The largest absolute Gasteiger partial charge is 0.362 e. The van der Waals surface area contributed by atoms with E-state index >= 15 is 0 Å². The van der Waals surface area contributed by atoms with Gasteiger partial charge in [0.05, 0.1) is 6.54 Å². The van der Waals surface area contributed by atoms with E-state index in [0.717, 1.165) is 37.7 Å². The summed E-state index contributed by atoms with van der Waals surface area (Å²) >= 11 is 0. The lowest BCUT2D eigenvalue weighted by atomic mass is 10.1. The summed E-state index contributed by atoms with van der Waals surface area (Å²) in [6.07, 6.45) is 5.91. The van der Waals surface area contributed by atoms with Crippen molar-refractivity contribution in [2.75, 3.05) is 18.5 Å². The van der Waals surface area contributed by atoms with Crippen molar-refractivity contribution in [3.63, 3.8) is 0 Å². The Morgan fingerprint density at radius 3 is 3.05 bits per heavy atom. The minimum absolute atomic E-state index is 0.841. The molecule has 5 heteroatoms. The highest BCUT2D eigenvalue weighted by atomic mass is 15.2. The van der Waals surface area contributed by atoms with Gasteiger partial charge in [-0.2, -0.15) is 0 Å². The molecule has 0 unspecified atom stereocenters. The number of imidazole rings is 1. The number of nitrogens with one attached hydrogen (secondary N) is 1. The van der Waals surface area contributed by atoms with Crippen LogP contribution < -0.4 is 10.2 Å². The van der Waals surface area contributed by atoms with Crippen LogP contribution in [0.25, 0.3) is 0 Å². The fraction of sp³-hybridized carbons (Fsp3) is 0.429. The lowest BCUT2D eigenvalue weighted by Gasteiger charge is -2.31. The first-order valence-electron chi connectivity index (χ1n) is 6.63. The molecule has 0 saturated carbocycles. The molecule has 100 valence electrons. The molecule has 2 aromatic rings. The van der Waals surface area contributed by atoms with Crippen LogP contribution in [0, 0.1) is 6.92 Å². The van der Waals surface area contributed by atoms with Gasteiger partial charge in [-0.15, -0.1) is 0 Å². The number of nitrogens with zero attached hydrogens (tertiary/aromatic N) is 4. The van der Waals surface area contributed by atoms with Crippen LogP contribution in [0.15, 0.2) is 24.7 Å². The Bertz CT molecular complexity index is 575. The third-order valence-corrected chi connectivity index (χ3v) is 3.55. The van der Waals surface area contributed by atoms with Gasteiger partial charge in [0, 0.05) is 55.2 Å². The number of pyridine rings is 1. The van der Waals surface area contributed by atoms with Crippen LogP contribution in [0.2, 0.25) is 0 Å². The van der Waals surface area contributed by atoms with Crippen molar-refractivity contribution in [2.24, 2.45) is 0 Å². The van der Waals surface area contributed by atoms with Crippen LogP contribution in [0.1, 0.15) is 17.1 Å². The van der Waals surface area contributed by atoms with Gasteiger partial charge in [0.2, 0.25) is 0 Å². The highest BCUT2D eigenvalue weighted by molar-refractivity contribution is 5.54. The van der Waals surface area contributed by atoms with Gasteiger partial charge in [-0.1, -0.05) is 0 Å². The van der Waals surface area contributed by atoms with Gasteiger partial charge >= 0.3 is 0 Å². The van der Waals surface area contributed by atoms with Gasteiger partial charge in [-0.05, 0) is 20.0 Å². The van der Waals surface area contributed by atoms with Crippen LogP contribution in [-0.4, -0.2) is 28.1 Å². The second-order valence-electron chi connectivity index (χ2n) is 4.94. The van der Waals surface area contributed by atoms with E-state index in [-0.39, 0.29) is 0 Å². The van der Waals surface area contributed by atoms with Crippen LogP contribution in [0.3, 0.4) is 0 Å². The molecule has 3 heterocycles. The molecule has 0 spiro atoms. The normalized spacial score (nSPS) is 14.5. The van der Waals surface area contributed by atoms with Crippen LogP contribution in [-0.2, 0) is 19.6 Å². The summed E-state index contributed by atoms with van der Waals surface area (Å²) in [4.78, 5) is 11.2. The molecular weight excluding hydrogens is 238 g/mol. The van der Waals surface area contributed by atoms with E-state index in [9.17, 15) is 0 Å². The minimum Gasteiger partial charge on any atom is -0.362 e. The minimum atomic E-state index is 0.841. The average Bonchev–Trinajstić information content (AvgIpc) is 2.88. The molecule has 0 bridgehead atoms. The number of hydrogen-bond donors (Lipinski definition) is 1. The van der Waals surface area contributed by atoms with E-state index in [1.807, 2.05) is 26.4 Å². The number of aromatic nitrogens is 3. The molecule has 3 rings (SSSR count).